The second-order valence-electron chi connectivity index (χ2n) is 4.80. The van der Waals surface area contributed by atoms with Crippen molar-refractivity contribution in [3.8, 4) is 0 Å². The van der Waals surface area contributed by atoms with E-state index in [9.17, 15) is 0 Å². The largest absolute Gasteiger partial charge is 0.354 e. The zero-order valence-electron chi connectivity index (χ0n) is 9.37. The Hall–Kier alpha value is -1.12. The highest BCUT2D eigenvalue weighted by atomic mass is 15.1. The minimum Gasteiger partial charge on any atom is -0.354 e. The number of aromatic nitrogens is 2. The summed E-state index contributed by atoms with van der Waals surface area (Å²) in [5, 5.41) is 3.33. The van der Waals surface area contributed by atoms with Gasteiger partial charge in [-0.05, 0) is 24.3 Å². The van der Waals surface area contributed by atoms with Crippen molar-refractivity contribution < 1.29 is 0 Å². The SMILES string of the molecule is CC1(CNc2ncccn2)CCCCC1. The standard InChI is InChI=1S/C12H19N3/c1-12(6-3-2-4-7-12)10-15-11-13-8-5-9-14-11/h5,8-9H,2-4,6-7,10H2,1H3,(H,13,14,15). The second-order valence-corrected chi connectivity index (χ2v) is 4.80. The third kappa shape index (κ3) is 2.91. The van der Waals surface area contributed by atoms with Crippen LogP contribution in [0.1, 0.15) is 39.0 Å². The van der Waals surface area contributed by atoms with Crippen molar-refractivity contribution in [3.63, 3.8) is 0 Å². The molecule has 0 atom stereocenters. The van der Waals surface area contributed by atoms with Gasteiger partial charge in [-0.15, -0.1) is 0 Å². The molecule has 1 heterocycles. The van der Waals surface area contributed by atoms with Gasteiger partial charge in [-0.25, -0.2) is 9.97 Å². The normalized spacial score (nSPS) is 19.8. The molecule has 1 saturated carbocycles. The highest BCUT2D eigenvalue weighted by molar-refractivity contribution is 5.22. The average molecular weight is 205 g/mol. The summed E-state index contributed by atoms with van der Waals surface area (Å²) in [6.07, 6.45) is 10.3. The van der Waals surface area contributed by atoms with Gasteiger partial charge in [0.05, 0.1) is 0 Å². The van der Waals surface area contributed by atoms with E-state index in [1.807, 2.05) is 6.07 Å². The fourth-order valence-corrected chi connectivity index (χ4v) is 2.26. The van der Waals surface area contributed by atoms with Gasteiger partial charge in [0.15, 0.2) is 0 Å². The Labute approximate surface area is 91.3 Å². The quantitative estimate of drug-likeness (QED) is 0.824. The van der Waals surface area contributed by atoms with Crippen LogP contribution in [0.3, 0.4) is 0 Å². The van der Waals surface area contributed by atoms with E-state index < -0.39 is 0 Å². The molecule has 0 saturated heterocycles. The summed E-state index contributed by atoms with van der Waals surface area (Å²) in [4.78, 5) is 8.34. The third-order valence-electron chi connectivity index (χ3n) is 3.30. The second kappa shape index (κ2) is 4.60. The molecule has 0 aromatic carbocycles. The molecule has 0 aliphatic heterocycles. The maximum absolute atomic E-state index is 4.17. The van der Waals surface area contributed by atoms with Crippen LogP contribution in [0.4, 0.5) is 5.95 Å². The highest BCUT2D eigenvalue weighted by Gasteiger charge is 2.26. The number of nitrogens with zero attached hydrogens (tertiary/aromatic N) is 2. The topological polar surface area (TPSA) is 37.8 Å². The van der Waals surface area contributed by atoms with Crippen molar-refractivity contribution >= 4 is 5.95 Å². The van der Waals surface area contributed by atoms with Gasteiger partial charge in [0.2, 0.25) is 5.95 Å². The zero-order valence-corrected chi connectivity index (χ0v) is 9.37. The predicted molar refractivity (Wildman–Crippen MR) is 61.7 cm³/mol. The van der Waals surface area contributed by atoms with Crippen molar-refractivity contribution in [1.29, 1.82) is 0 Å². The Kier molecular flexibility index (Phi) is 3.19. The van der Waals surface area contributed by atoms with Crippen LogP contribution in [0, 0.1) is 5.41 Å². The van der Waals surface area contributed by atoms with E-state index in [0.717, 1.165) is 12.5 Å². The fourth-order valence-electron chi connectivity index (χ4n) is 2.26. The van der Waals surface area contributed by atoms with Gasteiger partial charge in [0, 0.05) is 18.9 Å². The number of rotatable bonds is 3. The monoisotopic (exact) mass is 205 g/mol. The molecule has 1 aromatic heterocycles. The number of anilines is 1. The summed E-state index contributed by atoms with van der Waals surface area (Å²) in [5.41, 5.74) is 0.442. The van der Waals surface area contributed by atoms with E-state index in [2.05, 4.69) is 22.2 Å². The maximum Gasteiger partial charge on any atom is 0.222 e. The van der Waals surface area contributed by atoms with Crippen LogP contribution in [0.2, 0.25) is 0 Å². The first kappa shape index (κ1) is 10.4. The smallest absolute Gasteiger partial charge is 0.222 e. The third-order valence-corrected chi connectivity index (χ3v) is 3.30. The Morgan fingerprint density at radius 2 is 1.87 bits per heavy atom. The van der Waals surface area contributed by atoms with E-state index in [0.29, 0.717) is 5.41 Å². The Bertz CT molecular complexity index is 291. The van der Waals surface area contributed by atoms with E-state index in [-0.39, 0.29) is 0 Å². The van der Waals surface area contributed by atoms with Crippen LogP contribution in [0.25, 0.3) is 0 Å². The van der Waals surface area contributed by atoms with Crippen LogP contribution < -0.4 is 5.32 Å². The lowest BCUT2D eigenvalue weighted by Gasteiger charge is -2.33. The Balaban J connectivity index is 1.87. The molecule has 1 fully saturated rings. The first-order valence-electron chi connectivity index (χ1n) is 5.79. The lowest BCUT2D eigenvalue weighted by atomic mass is 9.76. The van der Waals surface area contributed by atoms with Gasteiger partial charge in [-0.3, -0.25) is 0 Å². The Morgan fingerprint density at radius 1 is 1.20 bits per heavy atom. The molecule has 15 heavy (non-hydrogen) atoms. The van der Waals surface area contributed by atoms with E-state index in [1.54, 1.807) is 12.4 Å². The van der Waals surface area contributed by atoms with Crippen molar-refractivity contribution in [1.82, 2.24) is 9.97 Å². The maximum atomic E-state index is 4.17. The molecular weight excluding hydrogens is 186 g/mol. The molecule has 0 spiro atoms. The molecule has 2 rings (SSSR count). The molecule has 82 valence electrons. The number of hydrogen-bond acceptors (Lipinski definition) is 3. The van der Waals surface area contributed by atoms with Crippen LogP contribution in [-0.4, -0.2) is 16.5 Å². The first-order chi connectivity index (χ1) is 7.29. The van der Waals surface area contributed by atoms with Crippen LogP contribution in [-0.2, 0) is 0 Å². The summed E-state index contributed by atoms with van der Waals surface area (Å²) in [6, 6.07) is 1.84. The van der Waals surface area contributed by atoms with Gasteiger partial charge < -0.3 is 5.32 Å². The Morgan fingerprint density at radius 3 is 2.53 bits per heavy atom. The highest BCUT2D eigenvalue weighted by Crippen LogP contribution is 2.35. The van der Waals surface area contributed by atoms with Gasteiger partial charge in [0.25, 0.3) is 0 Å². The van der Waals surface area contributed by atoms with Crippen LogP contribution in [0.5, 0.6) is 0 Å². The van der Waals surface area contributed by atoms with E-state index in [4.69, 9.17) is 0 Å². The molecule has 3 nitrogen and oxygen atoms in total. The lowest BCUT2D eigenvalue weighted by Crippen LogP contribution is -2.29. The molecule has 1 aliphatic rings. The molecular formula is C12H19N3. The summed E-state index contributed by atoms with van der Waals surface area (Å²) >= 11 is 0. The minimum absolute atomic E-state index is 0.442. The molecule has 0 radical (unpaired) electrons. The summed E-state index contributed by atoms with van der Waals surface area (Å²) in [6.45, 7) is 3.36. The lowest BCUT2D eigenvalue weighted by molar-refractivity contribution is 0.233. The average Bonchev–Trinajstić information content (AvgIpc) is 2.29. The molecule has 1 aliphatic carbocycles. The minimum atomic E-state index is 0.442. The van der Waals surface area contributed by atoms with Crippen molar-refractivity contribution in [2.45, 2.75) is 39.0 Å². The van der Waals surface area contributed by atoms with Gasteiger partial charge in [-0.2, -0.15) is 0 Å². The molecule has 3 heteroatoms. The van der Waals surface area contributed by atoms with Gasteiger partial charge in [-0.1, -0.05) is 26.2 Å². The van der Waals surface area contributed by atoms with Gasteiger partial charge in [0.1, 0.15) is 0 Å². The molecule has 0 bridgehead atoms. The van der Waals surface area contributed by atoms with Crippen molar-refractivity contribution in [2.75, 3.05) is 11.9 Å². The molecule has 0 amide bonds. The van der Waals surface area contributed by atoms with Crippen molar-refractivity contribution in [3.05, 3.63) is 18.5 Å². The predicted octanol–water partition coefficient (Wildman–Crippen LogP) is 2.86. The zero-order chi connectivity index (χ0) is 10.6. The summed E-state index contributed by atoms with van der Waals surface area (Å²) in [5.74, 6) is 0.754. The fraction of sp³-hybridized carbons (Fsp3) is 0.667. The molecule has 1 N–H and O–H groups in total. The van der Waals surface area contributed by atoms with Crippen LogP contribution in [0.15, 0.2) is 18.5 Å². The summed E-state index contributed by atoms with van der Waals surface area (Å²) in [7, 11) is 0. The molecule has 1 aromatic rings. The van der Waals surface area contributed by atoms with E-state index in [1.165, 1.54) is 32.1 Å². The molecule has 0 unspecified atom stereocenters. The number of hydrogen-bond donors (Lipinski definition) is 1. The van der Waals surface area contributed by atoms with Crippen molar-refractivity contribution in [2.24, 2.45) is 5.41 Å². The van der Waals surface area contributed by atoms with E-state index >= 15 is 0 Å². The van der Waals surface area contributed by atoms with Crippen LogP contribution >= 0.6 is 0 Å². The first-order valence-corrected chi connectivity index (χ1v) is 5.79. The van der Waals surface area contributed by atoms with Gasteiger partial charge >= 0.3 is 0 Å². The number of nitrogens with one attached hydrogen (secondary N) is 1. The summed E-state index contributed by atoms with van der Waals surface area (Å²) < 4.78 is 0.